The summed E-state index contributed by atoms with van der Waals surface area (Å²) in [5.74, 6) is 0.255. The van der Waals surface area contributed by atoms with E-state index in [9.17, 15) is 9.59 Å². The van der Waals surface area contributed by atoms with Crippen molar-refractivity contribution in [3.63, 3.8) is 0 Å². The van der Waals surface area contributed by atoms with Crippen molar-refractivity contribution in [3.05, 3.63) is 35.9 Å². The molecule has 1 saturated heterocycles. The predicted molar refractivity (Wildman–Crippen MR) is 103 cm³/mol. The molecule has 1 aliphatic heterocycles. The van der Waals surface area contributed by atoms with E-state index in [2.05, 4.69) is 5.32 Å². The minimum Gasteiger partial charge on any atom is -0.352 e. The van der Waals surface area contributed by atoms with Crippen molar-refractivity contribution >= 4 is 24.2 Å². The van der Waals surface area contributed by atoms with E-state index in [1.54, 1.807) is 12.1 Å². The molecule has 0 aliphatic carbocycles. The summed E-state index contributed by atoms with van der Waals surface area (Å²) < 4.78 is 0. The maximum atomic E-state index is 12.6. The zero-order valence-electron chi connectivity index (χ0n) is 15.2. The van der Waals surface area contributed by atoms with Crippen LogP contribution >= 0.6 is 12.4 Å². The number of amides is 2. The van der Waals surface area contributed by atoms with E-state index >= 15 is 0 Å². The van der Waals surface area contributed by atoms with Crippen molar-refractivity contribution in [1.82, 2.24) is 10.2 Å². The molecule has 1 aromatic rings. The second-order valence-corrected chi connectivity index (χ2v) is 7.00. The molecule has 1 heterocycles. The van der Waals surface area contributed by atoms with Crippen molar-refractivity contribution in [2.45, 2.75) is 45.1 Å². The van der Waals surface area contributed by atoms with Gasteiger partial charge in [-0.1, -0.05) is 31.5 Å². The van der Waals surface area contributed by atoms with Gasteiger partial charge in [0.2, 0.25) is 5.91 Å². The highest BCUT2D eigenvalue weighted by Crippen LogP contribution is 2.20. The monoisotopic (exact) mass is 367 g/mol. The van der Waals surface area contributed by atoms with Gasteiger partial charge in [0.1, 0.15) is 0 Å². The van der Waals surface area contributed by atoms with Crippen LogP contribution in [-0.2, 0) is 4.79 Å². The fraction of sp³-hybridized carbons (Fsp3) is 0.579. The third-order valence-electron chi connectivity index (χ3n) is 4.65. The molecule has 0 aromatic heterocycles. The molecule has 25 heavy (non-hydrogen) atoms. The Morgan fingerprint density at radius 1 is 1.32 bits per heavy atom. The standard InChI is InChI=1S/C19H29N3O2.ClH/c1-3-11-19(2,20)18(24)22-12-7-8-15(14-22)13-21-17(23)16-9-5-4-6-10-16;/h4-6,9-10,15H,3,7-8,11-14,20H2,1-2H3,(H,21,23);1H. The van der Waals surface area contributed by atoms with Gasteiger partial charge in [-0.15, -0.1) is 12.4 Å². The largest absolute Gasteiger partial charge is 0.352 e. The molecular weight excluding hydrogens is 338 g/mol. The number of carbonyl (C=O) groups excluding carboxylic acids is 2. The van der Waals surface area contributed by atoms with Gasteiger partial charge in [-0.05, 0) is 44.2 Å². The van der Waals surface area contributed by atoms with E-state index < -0.39 is 5.54 Å². The second-order valence-electron chi connectivity index (χ2n) is 7.00. The molecule has 2 amide bonds. The predicted octanol–water partition coefficient (Wildman–Crippen LogP) is 2.59. The minimum atomic E-state index is -0.788. The number of benzene rings is 1. The van der Waals surface area contributed by atoms with Gasteiger partial charge >= 0.3 is 0 Å². The van der Waals surface area contributed by atoms with E-state index in [0.29, 0.717) is 25.1 Å². The molecule has 1 aromatic carbocycles. The zero-order valence-corrected chi connectivity index (χ0v) is 16.0. The van der Waals surface area contributed by atoms with Gasteiger partial charge in [-0.3, -0.25) is 9.59 Å². The maximum absolute atomic E-state index is 12.6. The number of nitrogens with one attached hydrogen (secondary N) is 1. The Bertz CT molecular complexity index is 563. The average Bonchev–Trinajstić information content (AvgIpc) is 2.60. The topological polar surface area (TPSA) is 75.4 Å². The molecule has 3 N–H and O–H groups in total. The Morgan fingerprint density at radius 3 is 2.64 bits per heavy atom. The lowest BCUT2D eigenvalue weighted by Gasteiger charge is -2.37. The van der Waals surface area contributed by atoms with Crippen molar-refractivity contribution in [3.8, 4) is 0 Å². The van der Waals surface area contributed by atoms with Crippen LogP contribution in [0.5, 0.6) is 0 Å². The Kier molecular flexibility index (Phi) is 8.39. The summed E-state index contributed by atoms with van der Waals surface area (Å²) in [5, 5.41) is 2.98. The highest BCUT2D eigenvalue weighted by molar-refractivity contribution is 5.94. The van der Waals surface area contributed by atoms with Gasteiger partial charge in [0.25, 0.3) is 5.91 Å². The van der Waals surface area contributed by atoms with Crippen LogP contribution in [0.4, 0.5) is 0 Å². The fourth-order valence-corrected chi connectivity index (χ4v) is 3.33. The van der Waals surface area contributed by atoms with E-state index in [0.717, 1.165) is 25.8 Å². The fourth-order valence-electron chi connectivity index (χ4n) is 3.33. The third kappa shape index (κ3) is 6.01. The van der Waals surface area contributed by atoms with Gasteiger partial charge in [0.05, 0.1) is 5.54 Å². The van der Waals surface area contributed by atoms with Gasteiger partial charge in [0, 0.05) is 25.2 Å². The quantitative estimate of drug-likeness (QED) is 0.811. The van der Waals surface area contributed by atoms with Gasteiger partial charge in [-0.2, -0.15) is 0 Å². The normalized spacial score (nSPS) is 19.5. The van der Waals surface area contributed by atoms with Crippen molar-refractivity contribution < 1.29 is 9.59 Å². The summed E-state index contributed by atoms with van der Waals surface area (Å²) in [4.78, 5) is 26.6. The number of rotatable bonds is 6. The molecule has 1 aliphatic rings. The number of likely N-dealkylation sites (tertiary alicyclic amines) is 1. The van der Waals surface area contributed by atoms with Crippen LogP contribution < -0.4 is 11.1 Å². The summed E-state index contributed by atoms with van der Waals surface area (Å²) in [6, 6.07) is 9.20. The SMILES string of the molecule is CCCC(C)(N)C(=O)N1CCCC(CNC(=O)c2ccccc2)C1.Cl. The first-order valence-corrected chi connectivity index (χ1v) is 8.85. The highest BCUT2D eigenvalue weighted by atomic mass is 35.5. The number of hydrogen-bond donors (Lipinski definition) is 2. The lowest BCUT2D eigenvalue weighted by Crippen LogP contribution is -2.56. The number of hydrogen-bond acceptors (Lipinski definition) is 3. The average molecular weight is 368 g/mol. The summed E-state index contributed by atoms with van der Waals surface area (Å²) in [7, 11) is 0. The van der Waals surface area contributed by atoms with Crippen molar-refractivity contribution in [2.75, 3.05) is 19.6 Å². The molecule has 2 atom stereocenters. The minimum absolute atomic E-state index is 0. The van der Waals surface area contributed by atoms with Crippen LogP contribution in [0.1, 0.15) is 49.9 Å². The molecule has 6 heteroatoms. The Morgan fingerprint density at radius 2 is 2.00 bits per heavy atom. The lowest BCUT2D eigenvalue weighted by atomic mass is 9.92. The third-order valence-corrected chi connectivity index (χ3v) is 4.65. The maximum Gasteiger partial charge on any atom is 0.251 e. The first-order valence-electron chi connectivity index (χ1n) is 8.85. The number of piperidine rings is 1. The molecule has 5 nitrogen and oxygen atoms in total. The molecule has 0 bridgehead atoms. The van der Waals surface area contributed by atoms with E-state index in [1.165, 1.54) is 0 Å². The summed E-state index contributed by atoms with van der Waals surface area (Å²) >= 11 is 0. The Balaban J connectivity index is 0.00000312. The lowest BCUT2D eigenvalue weighted by molar-refractivity contribution is -0.138. The summed E-state index contributed by atoms with van der Waals surface area (Å²) in [5.41, 5.74) is 6.06. The first kappa shape index (κ1) is 21.5. The number of nitrogens with zero attached hydrogens (tertiary/aromatic N) is 1. The summed E-state index contributed by atoms with van der Waals surface area (Å²) in [6.07, 6.45) is 3.56. The van der Waals surface area contributed by atoms with E-state index in [4.69, 9.17) is 5.73 Å². The molecule has 0 radical (unpaired) electrons. The molecule has 1 fully saturated rings. The highest BCUT2D eigenvalue weighted by Gasteiger charge is 2.34. The molecule has 2 unspecified atom stereocenters. The van der Waals surface area contributed by atoms with Crippen LogP contribution in [0.15, 0.2) is 30.3 Å². The molecule has 140 valence electrons. The van der Waals surface area contributed by atoms with Crippen LogP contribution in [0.3, 0.4) is 0 Å². The molecular formula is C19H30ClN3O2. The molecule has 0 spiro atoms. The van der Waals surface area contributed by atoms with Crippen LogP contribution in [0, 0.1) is 5.92 Å². The summed E-state index contributed by atoms with van der Waals surface area (Å²) in [6.45, 7) is 5.88. The number of carbonyl (C=O) groups is 2. The number of halogens is 1. The number of nitrogens with two attached hydrogens (primary N) is 1. The van der Waals surface area contributed by atoms with Crippen molar-refractivity contribution in [2.24, 2.45) is 11.7 Å². The smallest absolute Gasteiger partial charge is 0.251 e. The van der Waals surface area contributed by atoms with E-state index in [1.807, 2.05) is 36.9 Å². The van der Waals surface area contributed by atoms with Gasteiger partial charge < -0.3 is 16.0 Å². The van der Waals surface area contributed by atoms with E-state index in [-0.39, 0.29) is 30.1 Å². The molecule has 2 rings (SSSR count). The van der Waals surface area contributed by atoms with Gasteiger partial charge in [-0.25, -0.2) is 0 Å². The zero-order chi connectivity index (χ0) is 17.6. The first-order chi connectivity index (χ1) is 11.4. The van der Waals surface area contributed by atoms with Crippen molar-refractivity contribution in [1.29, 1.82) is 0 Å². The van der Waals surface area contributed by atoms with Crippen LogP contribution in [-0.4, -0.2) is 41.9 Å². The van der Waals surface area contributed by atoms with Gasteiger partial charge in [0.15, 0.2) is 0 Å². The second kappa shape index (κ2) is 9.78. The molecule has 0 saturated carbocycles. The Labute approximate surface area is 156 Å². The Hall–Kier alpha value is -1.59. The van der Waals surface area contributed by atoms with Crippen LogP contribution in [0.2, 0.25) is 0 Å². The van der Waals surface area contributed by atoms with Crippen LogP contribution in [0.25, 0.3) is 0 Å².